The molecule has 2 rings (SSSR count). The quantitative estimate of drug-likeness (QED) is 0.539. The Hall–Kier alpha value is -1.06. The highest BCUT2D eigenvalue weighted by Crippen LogP contribution is 2.25. The number of esters is 1. The summed E-state index contributed by atoms with van der Waals surface area (Å²) in [5, 5.41) is 0. The van der Waals surface area contributed by atoms with E-state index < -0.39 is 0 Å². The predicted molar refractivity (Wildman–Crippen MR) is 57.3 cm³/mol. The zero-order valence-electron chi connectivity index (χ0n) is 8.44. The number of carbonyl (C=O) groups excluding carboxylic acids is 1. The van der Waals surface area contributed by atoms with Crippen LogP contribution in [-0.4, -0.2) is 23.5 Å². The number of carbonyl (C=O) groups is 1. The van der Waals surface area contributed by atoms with Gasteiger partial charge < -0.3 is 4.74 Å². The van der Waals surface area contributed by atoms with Crippen molar-refractivity contribution in [1.29, 1.82) is 0 Å². The van der Waals surface area contributed by atoms with Crippen molar-refractivity contribution in [1.82, 2.24) is 4.42 Å². The highest BCUT2D eigenvalue weighted by molar-refractivity contribution is 6.14. The summed E-state index contributed by atoms with van der Waals surface area (Å²) >= 11 is 6.02. The Kier molecular flexibility index (Phi) is 2.93. The molecule has 1 unspecified atom stereocenters. The first kappa shape index (κ1) is 10.5. The van der Waals surface area contributed by atoms with E-state index in [2.05, 4.69) is 0 Å². The van der Waals surface area contributed by atoms with Gasteiger partial charge in [0.05, 0.1) is 7.11 Å². The minimum absolute atomic E-state index is 0.278. The van der Waals surface area contributed by atoms with E-state index in [0.29, 0.717) is 13.0 Å². The van der Waals surface area contributed by atoms with Crippen LogP contribution in [-0.2, 0) is 22.5 Å². The third kappa shape index (κ3) is 1.98. The van der Waals surface area contributed by atoms with Gasteiger partial charge in [-0.25, -0.2) is 4.42 Å². The van der Waals surface area contributed by atoms with Gasteiger partial charge in [0.15, 0.2) is 0 Å². The molecule has 1 aromatic rings. The molecular weight excluding hydrogens is 214 g/mol. The Morgan fingerprint density at radius 2 is 2.13 bits per heavy atom. The van der Waals surface area contributed by atoms with Gasteiger partial charge in [0.1, 0.15) is 6.04 Å². The van der Waals surface area contributed by atoms with E-state index in [1.165, 1.54) is 22.7 Å². The molecular formula is C11H12ClNO2. The lowest BCUT2D eigenvalue weighted by atomic mass is 9.96. The molecule has 0 saturated carbocycles. The van der Waals surface area contributed by atoms with E-state index >= 15 is 0 Å². The van der Waals surface area contributed by atoms with Crippen molar-refractivity contribution in [3.63, 3.8) is 0 Å². The maximum Gasteiger partial charge on any atom is 0.324 e. The molecule has 0 radical (unpaired) electrons. The van der Waals surface area contributed by atoms with E-state index in [1.54, 1.807) is 0 Å². The molecule has 1 aromatic carbocycles. The van der Waals surface area contributed by atoms with Gasteiger partial charge >= 0.3 is 5.97 Å². The average molecular weight is 226 g/mol. The predicted octanol–water partition coefficient (Wildman–Crippen LogP) is 1.74. The van der Waals surface area contributed by atoms with Crippen molar-refractivity contribution in [3.8, 4) is 0 Å². The fourth-order valence-corrected chi connectivity index (χ4v) is 2.10. The second-order valence-corrected chi connectivity index (χ2v) is 4.00. The van der Waals surface area contributed by atoms with Crippen LogP contribution in [0.4, 0.5) is 0 Å². The van der Waals surface area contributed by atoms with Crippen LogP contribution in [0, 0.1) is 0 Å². The first-order valence-corrected chi connectivity index (χ1v) is 5.13. The van der Waals surface area contributed by atoms with Crippen LogP contribution < -0.4 is 0 Å². The van der Waals surface area contributed by atoms with Gasteiger partial charge in [0, 0.05) is 13.0 Å². The summed E-state index contributed by atoms with van der Waals surface area (Å²) in [6.07, 6.45) is 0.617. The SMILES string of the molecule is COC(=O)C1Cc2ccccc2CN1Cl. The number of hydrogen-bond donors (Lipinski definition) is 0. The van der Waals surface area contributed by atoms with Crippen LogP contribution in [0.2, 0.25) is 0 Å². The highest BCUT2D eigenvalue weighted by atomic mass is 35.5. The van der Waals surface area contributed by atoms with Gasteiger partial charge in [0.2, 0.25) is 0 Å². The second-order valence-electron chi connectivity index (χ2n) is 3.57. The molecule has 0 spiro atoms. The molecule has 1 atom stereocenters. The Morgan fingerprint density at radius 3 is 2.80 bits per heavy atom. The molecule has 80 valence electrons. The van der Waals surface area contributed by atoms with Crippen LogP contribution >= 0.6 is 11.8 Å². The monoisotopic (exact) mass is 225 g/mol. The first-order valence-electron chi connectivity index (χ1n) is 4.79. The number of benzene rings is 1. The number of rotatable bonds is 1. The summed E-state index contributed by atoms with van der Waals surface area (Å²) in [6, 6.07) is 7.62. The van der Waals surface area contributed by atoms with Crippen molar-refractivity contribution in [2.24, 2.45) is 0 Å². The Morgan fingerprint density at radius 1 is 1.47 bits per heavy atom. The standard InChI is InChI=1S/C11H12ClNO2/c1-15-11(14)10-6-8-4-2-3-5-9(8)7-13(10)12/h2-5,10H,6-7H2,1H3. The fraction of sp³-hybridized carbons (Fsp3) is 0.364. The van der Waals surface area contributed by atoms with Gasteiger partial charge in [-0.1, -0.05) is 24.3 Å². The molecule has 15 heavy (non-hydrogen) atoms. The Bertz CT molecular complexity index is 381. The second kappa shape index (κ2) is 4.21. The van der Waals surface area contributed by atoms with Crippen LogP contribution in [0.3, 0.4) is 0 Å². The zero-order valence-corrected chi connectivity index (χ0v) is 9.20. The smallest absolute Gasteiger partial charge is 0.324 e. The largest absolute Gasteiger partial charge is 0.468 e. The molecule has 0 aromatic heterocycles. The van der Waals surface area contributed by atoms with Gasteiger partial charge in [-0.3, -0.25) is 4.79 Å². The van der Waals surface area contributed by atoms with Crippen molar-refractivity contribution < 1.29 is 9.53 Å². The van der Waals surface area contributed by atoms with E-state index in [0.717, 1.165) is 0 Å². The zero-order chi connectivity index (χ0) is 10.8. The number of hydrogen-bond acceptors (Lipinski definition) is 3. The minimum Gasteiger partial charge on any atom is -0.468 e. The molecule has 0 amide bonds. The van der Waals surface area contributed by atoms with Crippen LogP contribution in [0.15, 0.2) is 24.3 Å². The maximum absolute atomic E-state index is 11.4. The van der Waals surface area contributed by atoms with Crippen molar-refractivity contribution in [2.75, 3.05) is 7.11 Å². The summed E-state index contributed by atoms with van der Waals surface area (Å²) < 4.78 is 6.22. The van der Waals surface area contributed by atoms with Gasteiger partial charge in [0.25, 0.3) is 0 Å². The van der Waals surface area contributed by atoms with Gasteiger partial charge in [-0.2, -0.15) is 0 Å². The molecule has 1 aliphatic heterocycles. The number of nitrogens with zero attached hydrogens (tertiary/aromatic N) is 1. The molecule has 0 saturated heterocycles. The lowest BCUT2D eigenvalue weighted by molar-refractivity contribution is -0.145. The van der Waals surface area contributed by atoms with Gasteiger partial charge in [-0.15, -0.1) is 0 Å². The topological polar surface area (TPSA) is 29.5 Å². The average Bonchev–Trinajstić information content (AvgIpc) is 2.27. The molecule has 0 fully saturated rings. The molecule has 3 nitrogen and oxygen atoms in total. The van der Waals surface area contributed by atoms with Crippen molar-refractivity contribution in [3.05, 3.63) is 35.4 Å². The molecule has 1 heterocycles. The number of ether oxygens (including phenoxy) is 1. The fourth-order valence-electron chi connectivity index (χ4n) is 1.82. The van der Waals surface area contributed by atoms with E-state index in [4.69, 9.17) is 16.5 Å². The van der Waals surface area contributed by atoms with Crippen molar-refractivity contribution in [2.45, 2.75) is 19.0 Å². The molecule has 0 bridgehead atoms. The van der Waals surface area contributed by atoms with Gasteiger partial charge in [-0.05, 0) is 22.9 Å². The van der Waals surface area contributed by atoms with Crippen LogP contribution in [0.5, 0.6) is 0 Å². The van der Waals surface area contributed by atoms with E-state index in [9.17, 15) is 4.79 Å². The van der Waals surface area contributed by atoms with Crippen molar-refractivity contribution >= 4 is 17.7 Å². The summed E-state index contributed by atoms with van der Waals surface area (Å²) in [7, 11) is 1.38. The van der Waals surface area contributed by atoms with E-state index in [1.807, 2.05) is 24.3 Å². The maximum atomic E-state index is 11.4. The summed E-state index contributed by atoms with van der Waals surface area (Å²) in [4.78, 5) is 11.4. The molecule has 4 heteroatoms. The van der Waals surface area contributed by atoms with Crippen LogP contribution in [0.25, 0.3) is 0 Å². The Balaban J connectivity index is 2.25. The third-order valence-electron chi connectivity index (χ3n) is 2.66. The molecule has 0 N–H and O–H groups in total. The normalized spacial score (nSPS) is 20.8. The third-order valence-corrected chi connectivity index (χ3v) is 3.02. The number of fused-ring (bicyclic) bond motifs is 1. The Labute approximate surface area is 93.7 Å². The number of halogens is 1. The number of methoxy groups -OCH3 is 1. The molecule has 1 aliphatic rings. The first-order chi connectivity index (χ1) is 7.22. The molecule has 0 aliphatic carbocycles. The van der Waals surface area contributed by atoms with Crippen LogP contribution in [0.1, 0.15) is 11.1 Å². The summed E-state index contributed by atoms with van der Waals surface area (Å²) in [6.45, 7) is 0.581. The van der Waals surface area contributed by atoms with E-state index in [-0.39, 0.29) is 12.0 Å². The summed E-state index contributed by atoms with van der Waals surface area (Å²) in [5.41, 5.74) is 2.34. The summed E-state index contributed by atoms with van der Waals surface area (Å²) in [5.74, 6) is -0.278. The lowest BCUT2D eigenvalue weighted by Gasteiger charge is -2.29. The highest BCUT2D eigenvalue weighted by Gasteiger charge is 2.30. The minimum atomic E-state index is -0.369. The lowest BCUT2D eigenvalue weighted by Crippen LogP contribution is -2.40.